The van der Waals surface area contributed by atoms with E-state index in [1.165, 1.54) is 6.07 Å². The molecule has 1 rings (SSSR count). The third-order valence-corrected chi connectivity index (χ3v) is 3.12. The standard InChI is InChI=1S/C13H19NO4/c1-4-13(15,5-2)9-18-12-8-10(3)6-7-11(12)14(16)17/h6-8,15H,4-5,9H2,1-3H3. The van der Waals surface area contributed by atoms with Crippen LogP contribution < -0.4 is 4.74 Å². The van der Waals surface area contributed by atoms with Gasteiger partial charge in [-0.25, -0.2) is 0 Å². The van der Waals surface area contributed by atoms with Crippen LogP contribution in [0, 0.1) is 17.0 Å². The zero-order chi connectivity index (χ0) is 13.8. The number of aryl methyl sites for hydroxylation is 1. The SMILES string of the molecule is CCC(O)(CC)COc1cc(C)ccc1[N+](=O)[O-]. The second-order valence-corrected chi connectivity index (χ2v) is 4.45. The van der Waals surface area contributed by atoms with E-state index < -0.39 is 10.5 Å². The molecular weight excluding hydrogens is 234 g/mol. The Morgan fingerprint density at radius 2 is 2.00 bits per heavy atom. The molecule has 100 valence electrons. The summed E-state index contributed by atoms with van der Waals surface area (Å²) in [7, 11) is 0. The molecule has 0 heterocycles. The van der Waals surface area contributed by atoms with Crippen molar-refractivity contribution in [2.45, 2.75) is 39.2 Å². The summed E-state index contributed by atoms with van der Waals surface area (Å²) >= 11 is 0. The molecule has 0 atom stereocenters. The minimum Gasteiger partial charge on any atom is -0.484 e. The van der Waals surface area contributed by atoms with E-state index >= 15 is 0 Å². The monoisotopic (exact) mass is 253 g/mol. The molecule has 0 spiro atoms. The Kier molecular flexibility index (Phi) is 4.67. The lowest BCUT2D eigenvalue weighted by molar-refractivity contribution is -0.386. The quantitative estimate of drug-likeness (QED) is 0.625. The van der Waals surface area contributed by atoms with Gasteiger partial charge in [-0.1, -0.05) is 19.9 Å². The lowest BCUT2D eigenvalue weighted by Gasteiger charge is -2.25. The van der Waals surface area contributed by atoms with Gasteiger partial charge < -0.3 is 9.84 Å². The molecule has 5 heteroatoms. The lowest BCUT2D eigenvalue weighted by atomic mass is 9.99. The van der Waals surface area contributed by atoms with Gasteiger partial charge in [-0.05, 0) is 31.4 Å². The van der Waals surface area contributed by atoms with Gasteiger partial charge in [-0.15, -0.1) is 0 Å². The number of benzene rings is 1. The lowest BCUT2D eigenvalue weighted by Crippen LogP contribution is -2.34. The zero-order valence-corrected chi connectivity index (χ0v) is 11.0. The van der Waals surface area contributed by atoms with E-state index in [2.05, 4.69) is 0 Å². The van der Waals surface area contributed by atoms with Crippen molar-refractivity contribution in [1.82, 2.24) is 0 Å². The van der Waals surface area contributed by atoms with Gasteiger partial charge in [0, 0.05) is 6.07 Å². The number of hydrogen-bond donors (Lipinski definition) is 1. The number of rotatable bonds is 6. The van der Waals surface area contributed by atoms with Crippen LogP contribution in [0.15, 0.2) is 18.2 Å². The maximum Gasteiger partial charge on any atom is 0.310 e. The molecule has 0 saturated heterocycles. The Balaban J connectivity index is 2.90. The fraction of sp³-hybridized carbons (Fsp3) is 0.538. The summed E-state index contributed by atoms with van der Waals surface area (Å²) < 4.78 is 5.43. The Bertz CT molecular complexity index is 427. The molecule has 1 aromatic carbocycles. The van der Waals surface area contributed by atoms with Gasteiger partial charge in [0.15, 0.2) is 5.75 Å². The first-order valence-electron chi connectivity index (χ1n) is 6.02. The van der Waals surface area contributed by atoms with Crippen molar-refractivity contribution in [3.63, 3.8) is 0 Å². The van der Waals surface area contributed by atoms with E-state index in [0.717, 1.165) is 5.56 Å². The summed E-state index contributed by atoms with van der Waals surface area (Å²) in [4.78, 5) is 10.4. The number of aliphatic hydroxyl groups is 1. The van der Waals surface area contributed by atoms with Gasteiger partial charge in [-0.3, -0.25) is 10.1 Å². The summed E-state index contributed by atoms with van der Waals surface area (Å²) in [6, 6.07) is 4.70. The molecule has 0 bridgehead atoms. The Morgan fingerprint density at radius 1 is 1.39 bits per heavy atom. The summed E-state index contributed by atoms with van der Waals surface area (Å²) in [6.45, 7) is 5.61. The van der Waals surface area contributed by atoms with E-state index in [0.29, 0.717) is 12.8 Å². The van der Waals surface area contributed by atoms with Crippen LogP contribution in [0.2, 0.25) is 0 Å². The summed E-state index contributed by atoms with van der Waals surface area (Å²) in [5, 5.41) is 21.0. The van der Waals surface area contributed by atoms with Crippen molar-refractivity contribution >= 4 is 5.69 Å². The zero-order valence-electron chi connectivity index (χ0n) is 11.0. The maximum absolute atomic E-state index is 10.9. The number of ether oxygens (including phenoxy) is 1. The van der Waals surface area contributed by atoms with E-state index in [9.17, 15) is 15.2 Å². The van der Waals surface area contributed by atoms with Gasteiger partial charge in [0.2, 0.25) is 0 Å². The van der Waals surface area contributed by atoms with Crippen LogP contribution in [0.5, 0.6) is 5.75 Å². The summed E-state index contributed by atoms with van der Waals surface area (Å²) in [6.07, 6.45) is 1.09. The molecule has 18 heavy (non-hydrogen) atoms. The average molecular weight is 253 g/mol. The highest BCUT2D eigenvalue weighted by atomic mass is 16.6. The van der Waals surface area contributed by atoms with Crippen LogP contribution >= 0.6 is 0 Å². The van der Waals surface area contributed by atoms with Crippen LogP contribution in [0.25, 0.3) is 0 Å². The molecule has 0 saturated carbocycles. The van der Waals surface area contributed by atoms with Gasteiger partial charge >= 0.3 is 5.69 Å². The highest BCUT2D eigenvalue weighted by Gasteiger charge is 2.25. The molecule has 0 aliphatic carbocycles. The van der Waals surface area contributed by atoms with E-state index in [4.69, 9.17) is 4.74 Å². The molecule has 0 aliphatic heterocycles. The molecule has 0 radical (unpaired) electrons. The van der Waals surface area contributed by atoms with Crippen molar-refractivity contribution in [3.05, 3.63) is 33.9 Å². The molecule has 0 amide bonds. The Hall–Kier alpha value is -1.62. The molecular formula is C13H19NO4. The molecule has 1 aromatic rings. The number of nitrogens with zero attached hydrogens (tertiary/aromatic N) is 1. The minimum atomic E-state index is -0.933. The maximum atomic E-state index is 10.9. The molecule has 5 nitrogen and oxygen atoms in total. The summed E-state index contributed by atoms with van der Waals surface area (Å²) in [5.74, 6) is 0.209. The fourth-order valence-electron chi connectivity index (χ4n) is 1.55. The smallest absolute Gasteiger partial charge is 0.310 e. The largest absolute Gasteiger partial charge is 0.484 e. The van der Waals surface area contributed by atoms with Crippen molar-refractivity contribution in [2.24, 2.45) is 0 Å². The van der Waals surface area contributed by atoms with Crippen molar-refractivity contribution < 1.29 is 14.8 Å². The summed E-state index contributed by atoms with van der Waals surface area (Å²) in [5.41, 5.74) is -0.125. The number of nitro groups is 1. The third kappa shape index (κ3) is 3.43. The molecule has 0 unspecified atom stereocenters. The average Bonchev–Trinajstić information content (AvgIpc) is 2.35. The van der Waals surface area contributed by atoms with Crippen molar-refractivity contribution in [2.75, 3.05) is 6.61 Å². The van der Waals surface area contributed by atoms with Crippen LogP contribution in [-0.4, -0.2) is 22.2 Å². The third-order valence-electron chi connectivity index (χ3n) is 3.12. The normalized spacial score (nSPS) is 11.3. The second kappa shape index (κ2) is 5.82. The van der Waals surface area contributed by atoms with Gasteiger partial charge in [0.05, 0.1) is 10.5 Å². The highest BCUT2D eigenvalue weighted by molar-refractivity contribution is 5.48. The van der Waals surface area contributed by atoms with E-state index in [-0.39, 0.29) is 18.0 Å². The topological polar surface area (TPSA) is 72.6 Å². The molecule has 0 fully saturated rings. The second-order valence-electron chi connectivity index (χ2n) is 4.45. The molecule has 0 aromatic heterocycles. The van der Waals surface area contributed by atoms with Crippen LogP contribution in [0.1, 0.15) is 32.3 Å². The van der Waals surface area contributed by atoms with Crippen molar-refractivity contribution in [1.29, 1.82) is 0 Å². The van der Waals surface area contributed by atoms with Gasteiger partial charge in [-0.2, -0.15) is 0 Å². The Labute approximate surface area is 107 Å². The van der Waals surface area contributed by atoms with Gasteiger partial charge in [0.1, 0.15) is 6.61 Å². The highest BCUT2D eigenvalue weighted by Crippen LogP contribution is 2.29. The number of nitro benzene ring substituents is 1. The van der Waals surface area contributed by atoms with Crippen LogP contribution in [0.3, 0.4) is 0 Å². The Morgan fingerprint density at radius 3 is 2.50 bits per heavy atom. The predicted molar refractivity (Wildman–Crippen MR) is 68.9 cm³/mol. The first-order valence-corrected chi connectivity index (χ1v) is 6.02. The fourth-order valence-corrected chi connectivity index (χ4v) is 1.55. The van der Waals surface area contributed by atoms with E-state index in [1.807, 2.05) is 20.8 Å². The predicted octanol–water partition coefficient (Wildman–Crippen LogP) is 2.83. The molecule has 0 aliphatic rings. The van der Waals surface area contributed by atoms with Crippen LogP contribution in [-0.2, 0) is 0 Å². The van der Waals surface area contributed by atoms with Crippen LogP contribution in [0.4, 0.5) is 5.69 Å². The first-order chi connectivity index (χ1) is 8.41. The minimum absolute atomic E-state index is 0.0598. The van der Waals surface area contributed by atoms with E-state index in [1.54, 1.807) is 12.1 Å². The molecule has 1 N–H and O–H groups in total. The van der Waals surface area contributed by atoms with Crippen molar-refractivity contribution in [3.8, 4) is 5.75 Å². The number of hydrogen-bond acceptors (Lipinski definition) is 4. The first kappa shape index (κ1) is 14.4. The van der Waals surface area contributed by atoms with Gasteiger partial charge in [0.25, 0.3) is 0 Å².